The van der Waals surface area contributed by atoms with Crippen molar-refractivity contribution < 1.29 is 15.0 Å². The van der Waals surface area contributed by atoms with Crippen LogP contribution in [0.4, 0.5) is 0 Å². The van der Waals surface area contributed by atoms with Crippen LogP contribution in [0.25, 0.3) is 0 Å². The molecule has 0 aliphatic carbocycles. The third-order valence-electron chi connectivity index (χ3n) is 1.53. The predicted octanol–water partition coefficient (Wildman–Crippen LogP) is 2.61. The fraction of sp³-hybridized carbons (Fsp3) is 0.125. The molecule has 0 amide bonds. The molecule has 0 aliphatic heterocycles. The first-order valence-corrected chi connectivity index (χ1v) is 4.11. The third kappa shape index (κ3) is 1.71. The van der Waals surface area contributed by atoms with E-state index in [1.165, 1.54) is 13.0 Å². The highest BCUT2D eigenvalue weighted by molar-refractivity contribution is 6.37. The highest BCUT2D eigenvalue weighted by atomic mass is 35.5. The lowest BCUT2D eigenvalue weighted by atomic mass is 10.1. The molecule has 5 heteroatoms. The van der Waals surface area contributed by atoms with E-state index < -0.39 is 17.3 Å². The van der Waals surface area contributed by atoms with Crippen LogP contribution in [0.15, 0.2) is 6.07 Å². The average molecular weight is 221 g/mol. The van der Waals surface area contributed by atoms with Gasteiger partial charge in [-0.1, -0.05) is 23.2 Å². The van der Waals surface area contributed by atoms with Gasteiger partial charge in [0.1, 0.15) is 17.1 Å². The Hall–Kier alpha value is -0.930. The summed E-state index contributed by atoms with van der Waals surface area (Å²) in [4.78, 5) is 11.0. The van der Waals surface area contributed by atoms with Crippen LogP contribution in [-0.4, -0.2) is 16.0 Å². The normalized spacial score (nSPS) is 10.1. The number of hydrogen-bond donors (Lipinski definition) is 2. The maximum Gasteiger partial charge on any atom is 0.167 e. The Kier molecular flexibility index (Phi) is 2.68. The largest absolute Gasteiger partial charge is 0.505 e. The first-order chi connectivity index (χ1) is 5.95. The van der Waals surface area contributed by atoms with Gasteiger partial charge in [0.25, 0.3) is 0 Å². The number of carbonyl (C=O) groups excluding carboxylic acids is 1. The van der Waals surface area contributed by atoms with Crippen LogP contribution >= 0.6 is 23.2 Å². The maximum atomic E-state index is 11.0. The van der Waals surface area contributed by atoms with E-state index >= 15 is 0 Å². The van der Waals surface area contributed by atoms with Gasteiger partial charge in [-0.15, -0.1) is 0 Å². The monoisotopic (exact) mass is 220 g/mol. The number of benzene rings is 1. The van der Waals surface area contributed by atoms with E-state index in [9.17, 15) is 15.0 Å². The molecule has 3 nitrogen and oxygen atoms in total. The number of rotatable bonds is 1. The second kappa shape index (κ2) is 3.44. The molecular weight excluding hydrogens is 215 g/mol. The second-order valence-electron chi connectivity index (χ2n) is 2.47. The Morgan fingerprint density at radius 1 is 1.23 bits per heavy atom. The third-order valence-corrected chi connectivity index (χ3v) is 2.11. The second-order valence-corrected chi connectivity index (χ2v) is 3.28. The number of aromatic hydroxyl groups is 2. The van der Waals surface area contributed by atoms with Crippen molar-refractivity contribution in [1.29, 1.82) is 0 Å². The molecule has 0 bridgehead atoms. The molecule has 0 saturated heterocycles. The number of hydrogen-bond acceptors (Lipinski definition) is 3. The SMILES string of the molecule is CC(=O)c1c(O)c(Cl)cc(Cl)c1O. The first-order valence-electron chi connectivity index (χ1n) is 3.36. The number of carbonyl (C=O) groups is 1. The van der Waals surface area contributed by atoms with Crippen molar-refractivity contribution in [2.45, 2.75) is 6.92 Å². The van der Waals surface area contributed by atoms with Gasteiger partial charge < -0.3 is 10.2 Å². The first kappa shape index (κ1) is 10.2. The van der Waals surface area contributed by atoms with Gasteiger partial charge in [0.2, 0.25) is 0 Å². The molecule has 70 valence electrons. The molecule has 0 aliphatic rings. The number of Topliss-reactive ketones (excluding diaryl/α,β-unsaturated/α-hetero) is 1. The maximum absolute atomic E-state index is 11.0. The van der Waals surface area contributed by atoms with E-state index in [1.54, 1.807) is 0 Å². The molecule has 1 aromatic carbocycles. The van der Waals surface area contributed by atoms with Gasteiger partial charge in [0.05, 0.1) is 10.0 Å². The van der Waals surface area contributed by atoms with Crippen LogP contribution in [0.5, 0.6) is 11.5 Å². The summed E-state index contributed by atoms with van der Waals surface area (Å²) in [7, 11) is 0. The van der Waals surface area contributed by atoms with Crippen LogP contribution in [-0.2, 0) is 0 Å². The van der Waals surface area contributed by atoms with E-state index in [0.717, 1.165) is 0 Å². The predicted molar refractivity (Wildman–Crippen MR) is 49.8 cm³/mol. The van der Waals surface area contributed by atoms with E-state index in [0.29, 0.717) is 0 Å². The smallest absolute Gasteiger partial charge is 0.167 e. The molecule has 0 heterocycles. The molecule has 0 aromatic heterocycles. The van der Waals surface area contributed by atoms with E-state index in [4.69, 9.17) is 23.2 Å². The zero-order valence-electron chi connectivity index (χ0n) is 6.64. The van der Waals surface area contributed by atoms with Crippen LogP contribution < -0.4 is 0 Å². The van der Waals surface area contributed by atoms with Gasteiger partial charge in [-0.2, -0.15) is 0 Å². The quantitative estimate of drug-likeness (QED) is 0.716. The fourth-order valence-electron chi connectivity index (χ4n) is 0.932. The molecule has 13 heavy (non-hydrogen) atoms. The minimum Gasteiger partial charge on any atom is -0.505 e. The van der Waals surface area contributed by atoms with Gasteiger partial charge >= 0.3 is 0 Å². The Bertz CT molecular complexity index is 348. The van der Waals surface area contributed by atoms with Crippen LogP contribution in [0.1, 0.15) is 17.3 Å². The van der Waals surface area contributed by atoms with Crippen LogP contribution in [0, 0.1) is 0 Å². The minimum atomic E-state index is -0.501. The number of halogens is 2. The number of phenols is 2. The zero-order chi connectivity index (χ0) is 10.2. The summed E-state index contributed by atoms with van der Waals surface area (Å²) < 4.78 is 0. The van der Waals surface area contributed by atoms with Gasteiger partial charge in [-0.3, -0.25) is 4.79 Å². The van der Waals surface area contributed by atoms with Crippen molar-refractivity contribution in [3.05, 3.63) is 21.7 Å². The minimum absolute atomic E-state index is 0.0620. The van der Waals surface area contributed by atoms with Crippen LogP contribution in [0.2, 0.25) is 10.0 Å². The van der Waals surface area contributed by atoms with Crippen molar-refractivity contribution in [2.24, 2.45) is 0 Å². The highest BCUT2D eigenvalue weighted by Gasteiger charge is 2.18. The van der Waals surface area contributed by atoms with Crippen molar-refractivity contribution >= 4 is 29.0 Å². The van der Waals surface area contributed by atoms with Crippen molar-refractivity contribution in [3.8, 4) is 11.5 Å². The van der Waals surface area contributed by atoms with Gasteiger partial charge in [0, 0.05) is 0 Å². The Balaban J connectivity index is 3.56. The van der Waals surface area contributed by atoms with E-state index in [1.807, 2.05) is 0 Å². The highest BCUT2D eigenvalue weighted by Crippen LogP contribution is 2.39. The molecule has 0 spiro atoms. The molecule has 1 rings (SSSR count). The van der Waals surface area contributed by atoms with Crippen molar-refractivity contribution in [1.82, 2.24) is 0 Å². The summed E-state index contributed by atoms with van der Waals surface area (Å²) in [6, 6.07) is 1.17. The summed E-state index contributed by atoms with van der Waals surface area (Å²) >= 11 is 11.1. The van der Waals surface area contributed by atoms with Crippen molar-refractivity contribution in [3.63, 3.8) is 0 Å². The molecule has 0 fully saturated rings. The molecule has 0 radical (unpaired) electrons. The summed E-state index contributed by atoms with van der Waals surface area (Å²) in [5, 5.41) is 18.5. The molecular formula is C8H6Cl2O3. The lowest BCUT2D eigenvalue weighted by molar-refractivity contribution is 0.101. The van der Waals surface area contributed by atoms with Crippen LogP contribution in [0.3, 0.4) is 0 Å². The van der Waals surface area contributed by atoms with Crippen molar-refractivity contribution in [2.75, 3.05) is 0 Å². The summed E-state index contributed by atoms with van der Waals surface area (Å²) in [5.41, 5.74) is -0.252. The zero-order valence-corrected chi connectivity index (χ0v) is 8.15. The Morgan fingerprint density at radius 3 is 1.92 bits per heavy atom. The lowest BCUT2D eigenvalue weighted by Crippen LogP contribution is -1.94. The van der Waals surface area contributed by atoms with E-state index in [-0.39, 0.29) is 15.6 Å². The number of ketones is 1. The molecule has 1 aromatic rings. The van der Waals surface area contributed by atoms with Gasteiger partial charge in [-0.05, 0) is 13.0 Å². The Labute approximate surface area is 84.5 Å². The topological polar surface area (TPSA) is 57.5 Å². The van der Waals surface area contributed by atoms with Gasteiger partial charge in [0.15, 0.2) is 5.78 Å². The van der Waals surface area contributed by atoms with E-state index in [2.05, 4.69) is 0 Å². The molecule has 0 saturated carbocycles. The lowest BCUT2D eigenvalue weighted by Gasteiger charge is -2.06. The summed E-state index contributed by atoms with van der Waals surface area (Å²) in [5.74, 6) is -1.40. The Morgan fingerprint density at radius 2 is 1.62 bits per heavy atom. The average Bonchev–Trinajstić information content (AvgIpc) is 2.01. The van der Waals surface area contributed by atoms with Gasteiger partial charge in [-0.25, -0.2) is 0 Å². The summed E-state index contributed by atoms with van der Waals surface area (Å²) in [6.45, 7) is 1.20. The standard InChI is InChI=1S/C8H6Cl2O3/c1-3(11)6-7(12)4(9)2-5(10)8(6)13/h2,12-13H,1H3. The fourth-order valence-corrected chi connectivity index (χ4v) is 1.40. The summed E-state index contributed by atoms with van der Waals surface area (Å²) in [6.07, 6.45) is 0. The number of phenolic OH excluding ortho intramolecular Hbond substituents is 2. The molecule has 0 atom stereocenters. The molecule has 0 unspecified atom stereocenters. The molecule has 2 N–H and O–H groups in total.